The number of fused-ring (bicyclic) bond motifs is 1. The van der Waals surface area contributed by atoms with Crippen molar-refractivity contribution in [2.45, 2.75) is 6.61 Å². The first-order valence-electron chi connectivity index (χ1n) is 8.49. The Labute approximate surface area is 173 Å². The molecule has 4 nitrogen and oxygen atoms in total. The number of hydrogen-bond donors (Lipinski definition) is 1. The van der Waals surface area contributed by atoms with Crippen molar-refractivity contribution in [2.75, 3.05) is 5.43 Å². The molecule has 0 saturated heterocycles. The molecule has 28 heavy (non-hydrogen) atoms. The predicted molar refractivity (Wildman–Crippen MR) is 116 cm³/mol. The van der Waals surface area contributed by atoms with E-state index in [1.54, 1.807) is 29.7 Å². The summed E-state index contributed by atoms with van der Waals surface area (Å²) in [5.74, 6) is 0.420. The fraction of sp³-hybridized carbons (Fsp3) is 0.0476. The van der Waals surface area contributed by atoms with Crippen LogP contribution >= 0.6 is 27.3 Å². The Morgan fingerprint density at radius 3 is 2.75 bits per heavy atom. The van der Waals surface area contributed by atoms with Crippen LogP contribution in [0.15, 0.2) is 76.3 Å². The van der Waals surface area contributed by atoms with Gasteiger partial charge in [0.05, 0.1) is 16.4 Å². The molecule has 0 spiro atoms. The molecule has 0 radical (unpaired) electrons. The van der Waals surface area contributed by atoms with Crippen molar-refractivity contribution in [1.82, 2.24) is 4.98 Å². The van der Waals surface area contributed by atoms with E-state index in [2.05, 4.69) is 31.4 Å². The molecule has 0 atom stereocenters. The fourth-order valence-corrected chi connectivity index (χ4v) is 3.76. The maximum Gasteiger partial charge on any atom is 0.204 e. The number of nitrogens with one attached hydrogen (secondary N) is 1. The average molecular weight is 456 g/mol. The highest BCUT2D eigenvalue weighted by atomic mass is 79.9. The van der Waals surface area contributed by atoms with Gasteiger partial charge < -0.3 is 4.74 Å². The molecule has 0 amide bonds. The van der Waals surface area contributed by atoms with E-state index >= 15 is 0 Å². The lowest BCUT2D eigenvalue weighted by Crippen LogP contribution is -1.99. The first-order valence-corrected chi connectivity index (χ1v) is 10.1. The van der Waals surface area contributed by atoms with E-state index in [0.717, 1.165) is 30.9 Å². The maximum atomic E-state index is 13.0. The Morgan fingerprint density at radius 1 is 1.11 bits per heavy atom. The van der Waals surface area contributed by atoms with Crippen LogP contribution in [0.2, 0.25) is 0 Å². The highest BCUT2D eigenvalue weighted by molar-refractivity contribution is 9.10. The topological polar surface area (TPSA) is 46.5 Å². The molecule has 0 aliphatic rings. The van der Waals surface area contributed by atoms with E-state index in [0.29, 0.717) is 12.4 Å². The summed E-state index contributed by atoms with van der Waals surface area (Å²) in [5.41, 5.74) is 5.61. The Morgan fingerprint density at radius 2 is 1.93 bits per heavy atom. The van der Waals surface area contributed by atoms with Crippen LogP contribution in [0.5, 0.6) is 5.75 Å². The zero-order valence-corrected chi connectivity index (χ0v) is 17.0. The molecule has 0 saturated carbocycles. The van der Waals surface area contributed by atoms with Crippen LogP contribution in [-0.4, -0.2) is 11.2 Å². The number of rotatable bonds is 6. The number of ether oxygens (including phenoxy) is 1. The fourth-order valence-electron chi connectivity index (χ4n) is 2.57. The number of para-hydroxylation sites is 1. The highest BCUT2D eigenvalue weighted by Gasteiger charge is 2.05. The van der Waals surface area contributed by atoms with Gasteiger partial charge in [-0.2, -0.15) is 5.10 Å². The summed E-state index contributed by atoms with van der Waals surface area (Å²) >= 11 is 5.01. The zero-order chi connectivity index (χ0) is 19.3. The Bertz CT molecular complexity index is 1100. The van der Waals surface area contributed by atoms with Gasteiger partial charge >= 0.3 is 0 Å². The van der Waals surface area contributed by atoms with Gasteiger partial charge in [-0.1, -0.05) is 51.5 Å². The van der Waals surface area contributed by atoms with Crippen LogP contribution < -0.4 is 10.2 Å². The summed E-state index contributed by atoms with van der Waals surface area (Å²) in [5, 5.41) is 5.02. The van der Waals surface area contributed by atoms with Gasteiger partial charge in [-0.05, 0) is 48.0 Å². The average Bonchev–Trinajstić information content (AvgIpc) is 3.11. The molecule has 0 fully saturated rings. The number of nitrogens with zero attached hydrogens (tertiary/aromatic N) is 2. The van der Waals surface area contributed by atoms with Crippen LogP contribution in [0.4, 0.5) is 9.52 Å². The normalized spacial score (nSPS) is 11.2. The minimum atomic E-state index is -0.263. The van der Waals surface area contributed by atoms with Crippen molar-refractivity contribution in [2.24, 2.45) is 5.10 Å². The number of hydrazone groups is 1. The molecule has 1 aromatic heterocycles. The second-order valence-electron chi connectivity index (χ2n) is 5.95. The minimum Gasteiger partial charge on any atom is -0.488 e. The molecule has 7 heteroatoms. The predicted octanol–water partition coefficient (Wildman–Crippen LogP) is 6.22. The van der Waals surface area contributed by atoms with E-state index in [1.807, 2.05) is 42.5 Å². The van der Waals surface area contributed by atoms with Crippen molar-refractivity contribution in [1.29, 1.82) is 0 Å². The van der Waals surface area contributed by atoms with Crippen molar-refractivity contribution >= 4 is 48.8 Å². The van der Waals surface area contributed by atoms with Gasteiger partial charge in [-0.15, -0.1) is 0 Å². The van der Waals surface area contributed by atoms with E-state index in [-0.39, 0.29) is 5.82 Å². The summed E-state index contributed by atoms with van der Waals surface area (Å²) in [6.07, 6.45) is 1.69. The molecule has 1 N–H and O–H groups in total. The van der Waals surface area contributed by atoms with Gasteiger partial charge in [0, 0.05) is 10.0 Å². The molecule has 0 bridgehead atoms. The van der Waals surface area contributed by atoms with Crippen LogP contribution in [0.25, 0.3) is 10.2 Å². The van der Waals surface area contributed by atoms with Crippen LogP contribution in [0, 0.1) is 5.82 Å². The van der Waals surface area contributed by atoms with Crippen molar-refractivity contribution < 1.29 is 9.13 Å². The van der Waals surface area contributed by atoms with E-state index < -0.39 is 0 Å². The Hall–Kier alpha value is -2.77. The van der Waals surface area contributed by atoms with E-state index in [4.69, 9.17) is 4.74 Å². The Balaban J connectivity index is 1.47. The standard InChI is InChI=1S/C21H15BrFN3OS/c22-16-7-10-19(27-13-14-5-8-17(23)9-6-14)15(11-16)12-24-26-21-25-18-3-1-2-4-20(18)28-21/h1-12H,13H2,(H,25,26)/b24-12-. The monoisotopic (exact) mass is 455 g/mol. The number of thiazole rings is 1. The van der Waals surface area contributed by atoms with Crippen LogP contribution in [-0.2, 0) is 6.61 Å². The van der Waals surface area contributed by atoms with Crippen molar-refractivity contribution in [3.05, 3.63) is 88.1 Å². The first-order chi connectivity index (χ1) is 13.7. The summed E-state index contributed by atoms with van der Waals surface area (Å²) in [4.78, 5) is 4.49. The third-order valence-corrected chi connectivity index (χ3v) is 5.37. The summed E-state index contributed by atoms with van der Waals surface area (Å²) < 4.78 is 20.9. The summed E-state index contributed by atoms with van der Waals surface area (Å²) in [6.45, 7) is 0.341. The second-order valence-corrected chi connectivity index (χ2v) is 7.90. The Kier molecular flexibility index (Phi) is 5.64. The van der Waals surface area contributed by atoms with Gasteiger partial charge in [0.25, 0.3) is 0 Å². The third-order valence-electron chi connectivity index (χ3n) is 3.94. The largest absolute Gasteiger partial charge is 0.488 e. The molecular weight excluding hydrogens is 441 g/mol. The molecule has 0 unspecified atom stereocenters. The summed E-state index contributed by atoms with van der Waals surface area (Å²) in [6, 6.07) is 19.9. The van der Waals surface area contributed by atoms with Crippen molar-refractivity contribution in [3.8, 4) is 5.75 Å². The molecule has 0 aliphatic carbocycles. The second kappa shape index (κ2) is 8.50. The van der Waals surface area contributed by atoms with Crippen molar-refractivity contribution in [3.63, 3.8) is 0 Å². The number of benzene rings is 3. The van der Waals surface area contributed by atoms with Crippen LogP contribution in [0.3, 0.4) is 0 Å². The first kappa shape index (κ1) is 18.6. The molecular formula is C21H15BrFN3OS. The lowest BCUT2D eigenvalue weighted by Gasteiger charge is -2.09. The quantitative estimate of drug-likeness (QED) is 0.277. The molecule has 4 aromatic rings. The van der Waals surface area contributed by atoms with Gasteiger partial charge in [-0.3, -0.25) is 5.43 Å². The lowest BCUT2D eigenvalue weighted by molar-refractivity contribution is 0.305. The molecule has 140 valence electrons. The lowest BCUT2D eigenvalue weighted by atomic mass is 10.2. The third kappa shape index (κ3) is 4.55. The number of aromatic nitrogens is 1. The highest BCUT2D eigenvalue weighted by Crippen LogP contribution is 2.26. The number of halogens is 2. The summed E-state index contributed by atoms with van der Waals surface area (Å²) in [7, 11) is 0. The smallest absolute Gasteiger partial charge is 0.204 e. The zero-order valence-electron chi connectivity index (χ0n) is 14.6. The number of anilines is 1. The molecule has 1 heterocycles. The molecule has 0 aliphatic heterocycles. The van der Waals surface area contributed by atoms with E-state index in [1.165, 1.54) is 12.1 Å². The minimum absolute atomic E-state index is 0.263. The molecule has 4 rings (SSSR count). The molecule has 3 aromatic carbocycles. The maximum absolute atomic E-state index is 13.0. The SMILES string of the molecule is Fc1ccc(COc2ccc(Br)cc2/C=N\Nc2nc3ccccc3s2)cc1. The van der Waals surface area contributed by atoms with Crippen LogP contribution in [0.1, 0.15) is 11.1 Å². The van der Waals surface area contributed by atoms with Gasteiger partial charge in [0.2, 0.25) is 5.13 Å². The number of hydrogen-bond acceptors (Lipinski definition) is 5. The van der Waals surface area contributed by atoms with Gasteiger partial charge in [0.1, 0.15) is 18.2 Å². The van der Waals surface area contributed by atoms with E-state index in [9.17, 15) is 4.39 Å². The van der Waals surface area contributed by atoms with Gasteiger partial charge in [0.15, 0.2) is 0 Å². The van der Waals surface area contributed by atoms with Gasteiger partial charge in [-0.25, -0.2) is 9.37 Å².